The highest BCUT2D eigenvalue weighted by atomic mass is 32.1. The number of hydrogen-bond donors (Lipinski definition) is 2. The Morgan fingerprint density at radius 2 is 2.24 bits per heavy atom. The largest absolute Gasteiger partial charge is 0.357 e. The molecule has 0 saturated heterocycles. The first-order chi connectivity index (χ1) is 10.2. The van der Waals surface area contributed by atoms with Crippen LogP contribution in [0.25, 0.3) is 0 Å². The number of aliphatic imine (C=N–C) groups is 1. The average Bonchev–Trinajstić information content (AvgIpc) is 3.05. The van der Waals surface area contributed by atoms with E-state index in [-0.39, 0.29) is 0 Å². The van der Waals surface area contributed by atoms with Crippen molar-refractivity contribution in [1.82, 2.24) is 25.8 Å². The van der Waals surface area contributed by atoms with Gasteiger partial charge in [0.1, 0.15) is 6.54 Å². The van der Waals surface area contributed by atoms with Crippen LogP contribution < -0.4 is 10.6 Å². The van der Waals surface area contributed by atoms with Gasteiger partial charge in [0.25, 0.3) is 0 Å². The summed E-state index contributed by atoms with van der Waals surface area (Å²) in [6, 6.07) is 0. The van der Waals surface area contributed by atoms with Crippen molar-refractivity contribution in [3.05, 3.63) is 27.8 Å². The van der Waals surface area contributed by atoms with E-state index in [9.17, 15) is 0 Å². The molecule has 2 aromatic heterocycles. The summed E-state index contributed by atoms with van der Waals surface area (Å²) in [5, 5.41) is 11.4. The van der Waals surface area contributed by atoms with Gasteiger partial charge >= 0.3 is 0 Å². The minimum Gasteiger partial charge on any atom is -0.357 e. The summed E-state index contributed by atoms with van der Waals surface area (Å²) >= 11 is 1.72. The van der Waals surface area contributed by atoms with E-state index in [1.165, 1.54) is 4.88 Å². The van der Waals surface area contributed by atoms with Crippen molar-refractivity contribution in [3.8, 4) is 0 Å². The highest BCUT2D eigenvalue weighted by Gasteiger charge is 2.03. The second-order valence-electron chi connectivity index (χ2n) is 4.47. The number of aryl methyl sites for hydroxylation is 2. The van der Waals surface area contributed by atoms with Crippen molar-refractivity contribution >= 4 is 17.3 Å². The van der Waals surface area contributed by atoms with Crippen LogP contribution in [0.2, 0.25) is 0 Å². The molecule has 0 unspecified atom stereocenters. The summed E-state index contributed by atoms with van der Waals surface area (Å²) in [7, 11) is 0. The van der Waals surface area contributed by atoms with Crippen molar-refractivity contribution in [3.63, 3.8) is 0 Å². The summed E-state index contributed by atoms with van der Waals surface area (Å²) < 4.78 is 4.92. The zero-order valence-electron chi connectivity index (χ0n) is 12.5. The molecule has 21 heavy (non-hydrogen) atoms. The number of hydrogen-bond acceptors (Lipinski definition) is 6. The van der Waals surface area contributed by atoms with Gasteiger partial charge in [0, 0.05) is 37.5 Å². The Hall–Kier alpha value is -1.96. The van der Waals surface area contributed by atoms with Crippen molar-refractivity contribution in [1.29, 1.82) is 0 Å². The zero-order chi connectivity index (χ0) is 15.1. The molecule has 0 fully saturated rings. The first-order valence-corrected chi connectivity index (χ1v) is 7.71. The molecule has 8 heteroatoms. The van der Waals surface area contributed by atoms with Crippen LogP contribution in [0.15, 0.2) is 15.7 Å². The minimum absolute atomic E-state index is 0.392. The van der Waals surface area contributed by atoms with Crippen LogP contribution in [0, 0.1) is 13.8 Å². The maximum absolute atomic E-state index is 4.92. The number of aromatic nitrogens is 3. The third-order valence-electron chi connectivity index (χ3n) is 2.59. The second-order valence-corrected chi connectivity index (χ2v) is 5.79. The lowest BCUT2D eigenvalue weighted by Crippen LogP contribution is -2.38. The van der Waals surface area contributed by atoms with Crippen molar-refractivity contribution in [2.24, 2.45) is 4.99 Å². The molecular formula is C13H20N6OS. The van der Waals surface area contributed by atoms with Crippen LogP contribution in [0.3, 0.4) is 0 Å². The maximum atomic E-state index is 4.92. The predicted octanol–water partition coefficient (Wildman–Crippen LogP) is 1.44. The summed E-state index contributed by atoms with van der Waals surface area (Å²) in [4.78, 5) is 14.1. The molecule has 2 heterocycles. The number of nitrogens with zero attached hydrogens (tertiary/aromatic N) is 4. The quantitative estimate of drug-likeness (QED) is 0.620. The van der Waals surface area contributed by atoms with E-state index in [4.69, 9.17) is 4.52 Å². The zero-order valence-corrected chi connectivity index (χ0v) is 13.3. The van der Waals surface area contributed by atoms with Gasteiger partial charge in [0.2, 0.25) is 5.89 Å². The summed E-state index contributed by atoms with van der Waals surface area (Å²) in [5.41, 5.74) is 0. The monoisotopic (exact) mass is 308 g/mol. The molecule has 2 aromatic rings. The van der Waals surface area contributed by atoms with Crippen LogP contribution in [0.4, 0.5) is 0 Å². The van der Waals surface area contributed by atoms with Crippen LogP contribution in [-0.2, 0) is 13.0 Å². The highest BCUT2D eigenvalue weighted by molar-refractivity contribution is 7.11. The number of thiazole rings is 1. The fourth-order valence-corrected chi connectivity index (χ4v) is 2.49. The van der Waals surface area contributed by atoms with E-state index >= 15 is 0 Å². The van der Waals surface area contributed by atoms with E-state index in [2.05, 4.69) is 37.7 Å². The Morgan fingerprint density at radius 3 is 2.86 bits per heavy atom. The lowest BCUT2D eigenvalue weighted by atomic mass is 10.4. The lowest BCUT2D eigenvalue weighted by molar-refractivity contribution is 0.387. The molecule has 0 radical (unpaired) electrons. The molecule has 0 aliphatic heterocycles. The Labute approximate surface area is 127 Å². The smallest absolute Gasteiger partial charge is 0.223 e. The van der Waals surface area contributed by atoms with Gasteiger partial charge in [-0.15, -0.1) is 11.3 Å². The topological polar surface area (TPSA) is 88.2 Å². The van der Waals surface area contributed by atoms with E-state index < -0.39 is 0 Å². The predicted molar refractivity (Wildman–Crippen MR) is 82.4 cm³/mol. The molecule has 0 spiro atoms. The van der Waals surface area contributed by atoms with Gasteiger partial charge in [-0.05, 0) is 13.8 Å². The molecule has 0 aromatic carbocycles. The molecule has 2 rings (SSSR count). The van der Waals surface area contributed by atoms with Gasteiger partial charge in [-0.3, -0.25) is 0 Å². The maximum Gasteiger partial charge on any atom is 0.223 e. The van der Waals surface area contributed by atoms with Gasteiger partial charge in [0.15, 0.2) is 11.8 Å². The molecule has 0 aliphatic rings. The van der Waals surface area contributed by atoms with E-state index in [0.717, 1.165) is 30.5 Å². The van der Waals surface area contributed by atoms with Crippen LogP contribution in [0.5, 0.6) is 0 Å². The highest BCUT2D eigenvalue weighted by Crippen LogP contribution is 2.10. The molecule has 7 nitrogen and oxygen atoms in total. The first-order valence-electron chi connectivity index (χ1n) is 6.90. The molecule has 0 aliphatic carbocycles. The Kier molecular flexibility index (Phi) is 5.68. The Bertz CT molecular complexity index is 591. The van der Waals surface area contributed by atoms with E-state index in [1.807, 2.05) is 13.1 Å². The Balaban J connectivity index is 1.83. The Morgan fingerprint density at radius 1 is 1.38 bits per heavy atom. The number of guanidine groups is 1. The van der Waals surface area contributed by atoms with Gasteiger partial charge in [-0.2, -0.15) is 4.98 Å². The van der Waals surface area contributed by atoms with Crippen LogP contribution >= 0.6 is 11.3 Å². The summed E-state index contributed by atoms with van der Waals surface area (Å²) in [6.07, 6.45) is 2.78. The summed E-state index contributed by atoms with van der Waals surface area (Å²) in [5.74, 6) is 1.88. The van der Waals surface area contributed by atoms with E-state index in [0.29, 0.717) is 18.3 Å². The summed E-state index contributed by atoms with van der Waals surface area (Å²) in [6.45, 7) is 7.83. The number of rotatable bonds is 6. The standard InChI is InChI=1S/C13H20N6OS/c1-4-14-13(17-8-11-18-10(3)20-19-11)15-6-5-12-16-7-9(2)21-12/h7H,4-6,8H2,1-3H3,(H2,14,15,17). The molecule has 0 saturated carbocycles. The van der Waals surface area contributed by atoms with Crippen molar-refractivity contribution < 1.29 is 4.52 Å². The van der Waals surface area contributed by atoms with Gasteiger partial charge in [0.05, 0.1) is 5.01 Å². The van der Waals surface area contributed by atoms with Gasteiger partial charge < -0.3 is 15.2 Å². The van der Waals surface area contributed by atoms with Crippen LogP contribution in [0.1, 0.15) is 28.5 Å². The molecule has 0 bridgehead atoms. The SMILES string of the molecule is CCNC(=NCc1noc(C)n1)NCCc1ncc(C)s1. The number of nitrogens with one attached hydrogen (secondary N) is 2. The normalized spacial score (nSPS) is 11.7. The fourth-order valence-electron chi connectivity index (χ4n) is 1.70. The first kappa shape index (κ1) is 15.4. The molecule has 0 amide bonds. The minimum atomic E-state index is 0.392. The third kappa shape index (κ3) is 5.14. The average molecular weight is 308 g/mol. The fraction of sp³-hybridized carbons (Fsp3) is 0.538. The second kappa shape index (κ2) is 7.72. The molecule has 0 atom stereocenters. The third-order valence-corrected chi connectivity index (χ3v) is 3.57. The van der Waals surface area contributed by atoms with E-state index in [1.54, 1.807) is 18.3 Å². The van der Waals surface area contributed by atoms with Crippen molar-refractivity contribution in [2.45, 2.75) is 33.7 Å². The molecule has 2 N–H and O–H groups in total. The lowest BCUT2D eigenvalue weighted by Gasteiger charge is -2.09. The molecule has 114 valence electrons. The van der Waals surface area contributed by atoms with Crippen molar-refractivity contribution in [2.75, 3.05) is 13.1 Å². The van der Waals surface area contributed by atoms with Gasteiger partial charge in [-0.25, -0.2) is 9.98 Å². The van der Waals surface area contributed by atoms with Gasteiger partial charge in [-0.1, -0.05) is 5.16 Å². The van der Waals surface area contributed by atoms with Crippen LogP contribution in [-0.4, -0.2) is 34.2 Å². The molecular weight excluding hydrogens is 288 g/mol.